The van der Waals surface area contributed by atoms with Crippen LogP contribution in [0.4, 0.5) is 0 Å². The minimum Gasteiger partial charge on any atom is -0.496 e. The molecule has 0 saturated carbocycles. The minimum absolute atomic E-state index is 0.454. The minimum atomic E-state index is 0.454. The van der Waals surface area contributed by atoms with Crippen LogP contribution in [0.25, 0.3) is 11.1 Å². The van der Waals surface area contributed by atoms with Crippen LogP contribution in [0.5, 0.6) is 5.75 Å². The number of hydrogen-bond donors (Lipinski definition) is 1. The van der Waals surface area contributed by atoms with E-state index in [9.17, 15) is 0 Å². The zero-order valence-corrected chi connectivity index (χ0v) is 13.9. The Morgan fingerprint density at radius 1 is 1.13 bits per heavy atom. The molecular formula is C19H25N3O. The third-order valence-corrected chi connectivity index (χ3v) is 4.54. The van der Waals surface area contributed by atoms with Crippen molar-refractivity contribution in [1.82, 2.24) is 9.91 Å². The second kappa shape index (κ2) is 7.13. The molecule has 23 heavy (non-hydrogen) atoms. The van der Waals surface area contributed by atoms with Crippen LogP contribution in [-0.2, 0) is 0 Å². The van der Waals surface area contributed by atoms with Gasteiger partial charge in [-0.3, -0.25) is 10.7 Å². The Morgan fingerprint density at radius 3 is 2.43 bits per heavy atom. The molecule has 1 fully saturated rings. The fraction of sp³-hybridized carbons (Fsp3) is 0.368. The second-order valence-corrected chi connectivity index (χ2v) is 5.97. The summed E-state index contributed by atoms with van der Waals surface area (Å²) in [6.45, 7) is 6.26. The van der Waals surface area contributed by atoms with Gasteiger partial charge in [0, 0.05) is 31.2 Å². The standard InChI is InChI=1S/C12H19N3.C7H6O/c1-2-14-8-9-15(13)10-12(14)11-6-4-3-5-7-11;1-8-7-3-2-5-4-6(5)7/h3-7,12H,2,8-10,13H2,1H3;2-4H,1H3. The number of hydrogen-bond acceptors (Lipinski definition) is 4. The van der Waals surface area contributed by atoms with E-state index in [0.29, 0.717) is 6.04 Å². The van der Waals surface area contributed by atoms with Gasteiger partial charge in [0.05, 0.1) is 7.11 Å². The van der Waals surface area contributed by atoms with Gasteiger partial charge < -0.3 is 4.74 Å². The number of fused-ring (bicyclic) bond motifs is 1. The van der Waals surface area contributed by atoms with Crippen molar-refractivity contribution in [3.8, 4) is 16.9 Å². The number of likely N-dealkylation sites (N-methyl/N-ethyl adjacent to an activating group) is 1. The first kappa shape index (κ1) is 16.0. The molecule has 0 radical (unpaired) electrons. The number of ether oxygens (including phenoxy) is 1. The number of piperazine rings is 1. The Hall–Kier alpha value is -1.88. The fourth-order valence-electron chi connectivity index (χ4n) is 3.12. The van der Waals surface area contributed by atoms with Gasteiger partial charge in [-0.15, -0.1) is 0 Å². The summed E-state index contributed by atoms with van der Waals surface area (Å²) in [5, 5.41) is 1.92. The van der Waals surface area contributed by atoms with Gasteiger partial charge in [0.15, 0.2) is 0 Å². The van der Waals surface area contributed by atoms with Crippen molar-refractivity contribution < 1.29 is 4.74 Å². The van der Waals surface area contributed by atoms with Crippen LogP contribution in [0.3, 0.4) is 0 Å². The van der Waals surface area contributed by atoms with Gasteiger partial charge >= 0.3 is 0 Å². The molecule has 0 aromatic heterocycles. The summed E-state index contributed by atoms with van der Waals surface area (Å²) in [6, 6.07) is 17.2. The van der Waals surface area contributed by atoms with Gasteiger partial charge in [-0.1, -0.05) is 43.3 Å². The molecule has 1 unspecified atom stereocenters. The topological polar surface area (TPSA) is 41.7 Å². The van der Waals surface area contributed by atoms with Crippen molar-refractivity contribution in [3.05, 3.63) is 54.1 Å². The molecule has 1 saturated heterocycles. The van der Waals surface area contributed by atoms with E-state index < -0.39 is 0 Å². The van der Waals surface area contributed by atoms with Crippen LogP contribution in [0.1, 0.15) is 18.5 Å². The highest BCUT2D eigenvalue weighted by Gasteiger charge is 2.25. The van der Waals surface area contributed by atoms with Crippen LogP contribution in [0, 0.1) is 0 Å². The lowest BCUT2D eigenvalue weighted by atomic mass is 10.0. The van der Waals surface area contributed by atoms with Gasteiger partial charge in [0.1, 0.15) is 5.75 Å². The Bertz CT molecular complexity index is 644. The van der Waals surface area contributed by atoms with E-state index >= 15 is 0 Å². The van der Waals surface area contributed by atoms with Gasteiger partial charge in [-0.25, -0.2) is 5.01 Å². The number of methoxy groups -OCH3 is 1. The van der Waals surface area contributed by atoms with E-state index in [1.54, 1.807) is 7.11 Å². The van der Waals surface area contributed by atoms with Crippen molar-refractivity contribution in [2.75, 3.05) is 33.3 Å². The third-order valence-electron chi connectivity index (χ3n) is 4.54. The van der Waals surface area contributed by atoms with Gasteiger partial charge in [-0.2, -0.15) is 0 Å². The first-order valence-electron chi connectivity index (χ1n) is 8.20. The Morgan fingerprint density at radius 2 is 1.91 bits per heavy atom. The molecule has 122 valence electrons. The molecule has 2 N–H and O–H groups in total. The highest BCUT2D eigenvalue weighted by molar-refractivity contribution is 5.87. The first-order valence-corrected chi connectivity index (χ1v) is 8.20. The summed E-state index contributed by atoms with van der Waals surface area (Å²) in [6.07, 6.45) is 0. The lowest BCUT2D eigenvalue weighted by Gasteiger charge is -2.39. The molecule has 1 aliphatic heterocycles. The number of rotatable bonds is 3. The largest absolute Gasteiger partial charge is 0.496 e. The number of nitrogens with zero attached hydrogens (tertiary/aromatic N) is 2. The molecule has 4 heteroatoms. The lowest BCUT2D eigenvalue weighted by molar-refractivity contribution is 0.0788. The third kappa shape index (κ3) is 3.72. The van der Waals surface area contributed by atoms with Crippen LogP contribution in [-0.4, -0.2) is 43.2 Å². The van der Waals surface area contributed by atoms with Gasteiger partial charge in [-0.05, 0) is 29.8 Å². The maximum Gasteiger partial charge on any atom is 0.126 e. The number of hydrazine groups is 1. The summed E-state index contributed by atoms with van der Waals surface area (Å²) in [4.78, 5) is 2.48. The molecule has 1 aromatic carbocycles. The first-order chi connectivity index (χ1) is 11.2. The van der Waals surface area contributed by atoms with Crippen LogP contribution < -0.4 is 10.6 Å². The van der Waals surface area contributed by atoms with Crippen molar-refractivity contribution >= 4 is 0 Å². The van der Waals surface area contributed by atoms with E-state index in [1.807, 2.05) is 11.1 Å². The summed E-state index contributed by atoms with van der Waals surface area (Å²) >= 11 is 0. The van der Waals surface area contributed by atoms with Crippen molar-refractivity contribution in [2.45, 2.75) is 13.0 Å². The van der Waals surface area contributed by atoms with E-state index in [0.717, 1.165) is 31.9 Å². The van der Waals surface area contributed by atoms with E-state index in [-0.39, 0.29) is 0 Å². The molecule has 1 heterocycles. The fourth-order valence-corrected chi connectivity index (χ4v) is 3.12. The lowest BCUT2D eigenvalue weighted by Crippen LogP contribution is -2.50. The molecule has 0 spiro atoms. The maximum atomic E-state index is 5.89. The summed E-state index contributed by atoms with van der Waals surface area (Å²) < 4.78 is 5.01. The Kier molecular flexibility index (Phi) is 4.96. The molecule has 0 amide bonds. The van der Waals surface area contributed by atoms with Crippen molar-refractivity contribution in [1.29, 1.82) is 0 Å². The summed E-state index contributed by atoms with van der Waals surface area (Å²) in [5.74, 6) is 6.90. The van der Waals surface area contributed by atoms with Crippen molar-refractivity contribution in [3.63, 3.8) is 0 Å². The highest BCUT2D eigenvalue weighted by atomic mass is 16.5. The van der Waals surface area contributed by atoms with E-state index in [4.69, 9.17) is 10.6 Å². The summed E-state index contributed by atoms with van der Waals surface area (Å²) in [5.41, 5.74) is 3.99. The highest BCUT2D eigenvalue weighted by Crippen LogP contribution is 2.43. The molecule has 3 aliphatic rings. The van der Waals surface area contributed by atoms with Crippen LogP contribution >= 0.6 is 0 Å². The maximum absolute atomic E-state index is 5.89. The van der Waals surface area contributed by atoms with Crippen LogP contribution in [0.15, 0.2) is 48.5 Å². The molecule has 4 nitrogen and oxygen atoms in total. The Labute approximate surface area is 138 Å². The predicted octanol–water partition coefficient (Wildman–Crippen LogP) is 2.91. The number of benzene rings is 2. The van der Waals surface area contributed by atoms with Gasteiger partial charge in [0.25, 0.3) is 0 Å². The Balaban J connectivity index is 0.000000162. The molecule has 1 atom stereocenters. The molecule has 2 aliphatic carbocycles. The number of nitrogens with two attached hydrogens (primary N) is 1. The molecular weight excluding hydrogens is 286 g/mol. The smallest absolute Gasteiger partial charge is 0.126 e. The van der Waals surface area contributed by atoms with Gasteiger partial charge in [0.2, 0.25) is 0 Å². The average Bonchev–Trinajstić information content (AvgIpc) is 3.27. The summed E-state index contributed by atoms with van der Waals surface area (Å²) in [7, 11) is 1.70. The van der Waals surface area contributed by atoms with Crippen LogP contribution in [0.2, 0.25) is 0 Å². The zero-order chi connectivity index (χ0) is 16.2. The molecule has 0 bridgehead atoms. The monoisotopic (exact) mass is 311 g/mol. The second-order valence-electron chi connectivity index (χ2n) is 5.97. The quantitative estimate of drug-likeness (QED) is 0.755. The van der Waals surface area contributed by atoms with Crippen molar-refractivity contribution in [2.24, 2.45) is 5.84 Å². The van der Waals surface area contributed by atoms with E-state index in [1.165, 1.54) is 16.7 Å². The zero-order valence-electron chi connectivity index (χ0n) is 13.9. The SMILES string of the molecule is CCN1CCN(N)CC1c1ccccc1.COc1ccc2cc1-2. The predicted molar refractivity (Wildman–Crippen MR) is 94.2 cm³/mol. The normalized spacial score (nSPS) is 19.7. The molecule has 4 rings (SSSR count). The van der Waals surface area contributed by atoms with E-state index in [2.05, 4.69) is 54.3 Å². The average molecular weight is 311 g/mol. The molecule has 1 aromatic rings.